The quantitative estimate of drug-likeness (QED) is 0.605. The molecule has 3 heterocycles. The molecule has 1 aliphatic carbocycles. The van der Waals surface area contributed by atoms with Gasteiger partial charge >= 0.3 is 6.09 Å². The summed E-state index contributed by atoms with van der Waals surface area (Å²) in [5.74, 6) is -0.0849. The smallest absolute Gasteiger partial charge is 0.415 e. The highest BCUT2D eigenvalue weighted by molar-refractivity contribution is 5.98. The van der Waals surface area contributed by atoms with E-state index in [0.29, 0.717) is 22.9 Å². The Bertz CT molecular complexity index is 1270. The van der Waals surface area contributed by atoms with Gasteiger partial charge in [0.25, 0.3) is 0 Å². The van der Waals surface area contributed by atoms with Crippen molar-refractivity contribution in [2.24, 2.45) is 13.0 Å². The number of anilines is 2. The van der Waals surface area contributed by atoms with Crippen molar-refractivity contribution >= 4 is 34.5 Å². The maximum absolute atomic E-state index is 13.2. The van der Waals surface area contributed by atoms with E-state index >= 15 is 0 Å². The number of methoxy groups -OCH3 is 1. The fourth-order valence-corrected chi connectivity index (χ4v) is 3.61. The van der Waals surface area contributed by atoms with E-state index in [9.17, 15) is 14.0 Å². The summed E-state index contributed by atoms with van der Waals surface area (Å²) >= 11 is 0. The maximum atomic E-state index is 13.2. The first-order valence-corrected chi connectivity index (χ1v) is 10.8. The topological polar surface area (TPSA) is 111 Å². The van der Waals surface area contributed by atoms with Gasteiger partial charge in [-0.15, -0.1) is 0 Å². The highest BCUT2D eigenvalue weighted by Gasteiger charge is 2.43. The number of halogens is 1. The van der Waals surface area contributed by atoms with Crippen LogP contribution in [0.2, 0.25) is 0 Å². The summed E-state index contributed by atoms with van der Waals surface area (Å²) < 4.78 is 26.0. The lowest BCUT2D eigenvalue weighted by molar-refractivity contribution is -0.117. The zero-order chi connectivity index (χ0) is 24.8. The Hall–Kier alpha value is -3.76. The molecule has 34 heavy (non-hydrogen) atoms. The molecule has 3 aromatic rings. The lowest BCUT2D eigenvalue weighted by atomic mass is 10.2. The highest BCUT2D eigenvalue weighted by Crippen LogP contribution is 2.39. The van der Waals surface area contributed by atoms with E-state index in [-0.39, 0.29) is 18.2 Å². The van der Waals surface area contributed by atoms with Gasteiger partial charge in [0.15, 0.2) is 5.82 Å². The number of carbonyl (C=O) groups excluding carboxylic acids is 2. The van der Waals surface area contributed by atoms with Crippen molar-refractivity contribution in [1.29, 1.82) is 0 Å². The van der Waals surface area contributed by atoms with Gasteiger partial charge < -0.3 is 19.4 Å². The number of nitrogens with zero attached hydrogens (tertiary/aromatic N) is 5. The number of aromatic nitrogens is 4. The fourth-order valence-electron chi connectivity index (χ4n) is 3.61. The van der Waals surface area contributed by atoms with Crippen LogP contribution in [0.4, 0.5) is 20.8 Å². The SMILES string of the molecule is COc1ncnc(N(C)C(=O)OC(C)(C)C)c1-c1cc2cc(NC(=O)[C@@H]3C[C@@H]3F)ncc2n1C. The van der Waals surface area contributed by atoms with E-state index in [1.54, 1.807) is 40.1 Å². The molecule has 2 amide bonds. The summed E-state index contributed by atoms with van der Waals surface area (Å²) in [4.78, 5) is 39.0. The zero-order valence-corrected chi connectivity index (χ0v) is 19.9. The average Bonchev–Trinajstić information content (AvgIpc) is 3.43. The Morgan fingerprint density at radius 1 is 1.24 bits per heavy atom. The molecule has 11 heteroatoms. The van der Waals surface area contributed by atoms with Gasteiger partial charge in [-0.3, -0.25) is 9.69 Å². The molecule has 2 atom stereocenters. The summed E-state index contributed by atoms with van der Waals surface area (Å²) in [5.41, 5.74) is 1.23. The highest BCUT2D eigenvalue weighted by atomic mass is 19.1. The van der Waals surface area contributed by atoms with Crippen molar-refractivity contribution in [2.75, 3.05) is 24.4 Å². The van der Waals surface area contributed by atoms with Gasteiger partial charge in [0.2, 0.25) is 11.8 Å². The van der Waals surface area contributed by atoms with E-state index < -0.39 is 23.8 Å². The third-order valence-electron chi connectivity index (χ3n) is 5.46. The van der Waals surface area contributed by atoms with Crippen LogP contribution in [0.25, 0.3) is 22.2 Å². The van der Waals surface area contributed by atoms with Crippen molar-refractivity contribution < 1.29 is 23.5 Å². The Balaban J connectivity index is 1.75. The summed E-state index contributed by atoms with van der Waals surface area (Å²) in [7, 11) is 4.88. The first-order chi connectivity index (χ1) is 16.0. The maximum Gasteiger partial charge on any atom is 0.415 e. The third kappa shape index (κ3) is 4.50. The standard InChI is InChI=1S/C23H27FN6O4/c1-23(2,3)34-22(32)30(5)19-18(21(33-6)27-11-26-19)15-7-12-8-17(25-10-16(12)29(15)4)28-20(31)13-9-14(13)24/h7-8,10-11,13-14H,9H2,1-6H3,(H,25,28,31)/t13-,14+/m1/s1. The summed E-state index contributed by atoms with van der Waals surface area (Å²) in [6, 6.07) is 3.56. The minimum absolute atomic E-state index is 0.241. The van der Waals surface area contributed by atoms with Gasteiger partial charge in [0.1, 0.15) is 29.5 Å². The van der Waals surface area contributed by atoms with Crippen LogP contribution in [0.15, 0.2) is 24.7 Å². The van der Waals surface area contributed by atoms with Gasteiger partial charge in [-0.25, -0.2) is 24.1 Å². The van der Waals surface area contributed by atoms with Crippen LogP contribution in [0, 0.1) is 5.92 Å². The molecule has 0 aliphatic heterocycles. The lowest BCUT2D eigenvalue weighted by Gasteiger charge is -2.25. The minimum atomic E-state index is -1.09. The monoisotopic (exact) mass is 470 g/mol. The molecule has 3 aromatic heterocycles. The molecule has 4 rings (SSSR count). The van der Waals surface area contributed by atoms with Crippen LogP contribution in [0.1, 0.15) is 27.2 Å². The van der Waals surface area contributed by atoms with Crippen LogP contribution in [-0.2, 0) is 16.6 Å². The van der Waals surface area contributed by atoms with E-state index in [4.69, 9.17) is 9.47 Å². The van der Waals surface area contributed by atoms with Crippen molar-refractivity contribution in [3.05, 3.63) is 24.7 Å². The van der Waals surface area contributed by atoms with E-state index in [1.807, 2.05) is 17.7 Å². The third-order valence-corrected chi connectivity index (χ3v) is 5.46. The first-order valence-electron chi connectivity index (χ1n) is 10.8. The van der Waals surface area contributed by atoms with Crippen LogP contribution < -0.4 is 15.0 Å². The van der Waals surface area contributed by atoms with Crippen molar-refractivity contribution in [3.63, 3.8) is 0 Å². The molecular weight excluding hydrogens is 443 g/mol. The fraction of sp³-hybridized carbons (Fsp3) is 0.435. The molecule has 1 aliphatic rings. The number of alkyl halides is 1. The summed E-state index contributed by atoms with van der Waals surface area (Å²) in [6.07, 6.45) is 1.50. The predicted octanol–water partition coefficient (Wildman–Crippen LogP) is 3.71. The lowest BCUT2D eigenvalue weighted by Crippen LogP contribution is -2.35. The number of fused-ring (bicyclic) bond motifs is 1. The number of nitrogens with one attached hydrogen (secondary N) is 1. The summed E-state index contributed by atoms with van der Waals surface area (Å²) in [6.45, 7) is 5.35. The van der Waals surface area contributed by atoms with Crippen molar-refractivity contribution in [3.8, 4) is 17.1 Å². The Morgan fingerprint density at radius 2 is 1.94 bits per heavy atom. The number of amides is 2. The normalized spacial score (nSPS) is 17.4. The molecule has 0 unspecified atom stereocenters. The van der Waals surface area contributed by atoms with Gasteiger partial charge in [-0.1, -0.05) is 0 Å². The average molecular weight is 471 g/mol. The van der Waals surface area contributed by atoms with Crippen LogP contribution >= 0.6 is 0 Å². The van der Waals surface area contributed by atoms with Gasteiger partial charge in [-0.05, 0) is 39.3 Å². The molecule has 180 valence electrons. The first kappa shape index (κ1) is 23.4. The van der Waals surface area contributed by atoms with Gasteiger partial charge in [-0.2, -0.15) is 0 Å². The molecule has 0 bridgehead atoms. The molecule has 1 fully saturated rings. The Labute approximate surface area is 196 Å². The largest absolute Gasteiger partial charge is 0.480 e. The molecule has 10 nitrogen and oxygen atoms in total. The minimum Gasteiger partial charge on any atom is -0.480 e. The molecule has 0 aromatic carbocycles. The second kappa shape index (κ2) is 8.54. The zero-order valence-electron chi connectivity index (χ0n) is 19.9. The van der Waals surface area contributed by atoms with E-state index in [2.05, 4.69) is 20.3 Å². The molecule has 1 N–H and O–H groups in total. The number of aryl methyl sites for hydroxylation is 1. The van der Waals surface area contributed by atoms with E-state index in [1.165, 1.54) is 18.3 Å². The number of hydrogen-bond donors (Lipinski definition) is 1. The Kier molecular flexibility index (Phi) is 5.88. The number of rotatable bonds is 5. The number of carbonyl (C=O) groups is 2. The van der Waals surface area contributed by atoms with Crippen LogP contribution in [-0.4, -0.2) is 57.4 Å². The number of ether oxygens (including phenoxy) is 2. The Morgan fingerprint density at radius 3 is 2.56 bits per heavy atom. The predicted molar refractivity (Wildman–Crippen MR) is 125 cm³/mol. The van der Waals surface area contributed by atoms with Gasteiger partial charge in [0, 0.05) is 19.5 Å². The molecule has 0 spiro atoms. The summed E-state index contributed by atoms with van der Waals surface area (Å²) in [5, 5.41) is 3.44. The van der Waals surface area contributed by atoms with E-state index in [0.717, 1.165) is 10.9 Å². The molecule has 1 saturated carbocycles. The molecular formula is C23H27FN6O4. The molecule has 0 radical (unpaired) electrons. The van der Waals surface area contributed by atoms with Crippen molar-refractivity contribution in [2.45, 2.75) is 39.0 Å². The van der Waals surface area contributed by atoms with Crippen molar-refractivity contribution in [1.82, 2.24) is 19.5 Å². The van der Waals surface area contributed by atoms with Crippen LogP contribution in [0.3, 0.4) is 0 Å². The van der Waals surface area contributed by atoms with Gasteiger partial charge in [0.05, 0.1) is 30.4 Å². The molecule has 0 saturated heterocycles. The number of hydrogen-bond acceptors (Lipinski definition) is 7. The number of pyridine rings is 1. The second-order valence-electron chi connectivity index (χ2n) is 9.19. The second-order valence-corrected chi connectivity index (χ2v) is 9.19. The van der Waals surface area contributed by atoms with Crippen LogP contribution in [0.5, 0.6) is 5.88 Å².